The largest absolute Gasteiger partial charge is 0.444 e. The molecule has 8 nitrogen and oxygen atoms in total. The van der Waals surface area contributed by atoms with Gasteiger partial charge in [0.1, 0.15) is 11.2 Å². The molecule has 0 bridgehead atoms. The van der Waals surface area contributed by atoms with Crippen molar-refractivity contribution in [3.63, 3.8) is 0 Å². The third kappa shape index (κ3) is 5.34. The van der Waals surface area contributed by atoms with Gasteiger partial charge in [-0.25, -0.2) is 14.5 Å². The fraction of sp³-hybridized carbons (Fsp3) is 0.842. The van der Waals surface area contributed by atoms with E-state index in [0.29, 0.717) is 19.4 Å². The van der Waals surface area contributed by atoms with E-state index in [9.17, 15) is 19.5 Å². The maximum atomic E-state index is 12.7. The van der Waals surface area contributed by atoms with Gasteiger partial charge in [-0.1, -0.05) is 0 Å². The Morgan fingerprint density at radius 1 is 1.00 bits per heavy atom. The molecule has 27 heavy (non-hydrogen) atoms. The number of hydrogen-bond acceptors (Lipinski definition) is 6. The molecule has 0 saturated carbocycles. The quantitative estimate of drug-likeness (QED) is 0.786. The molecule has 8 heteroatoms. The fourth-order valence-corrected chi connectivity index (χ4v) is 3.48. The summed E-state index contributed by atoms with van der Waals surface area (Å²) in [6, 6.07) is -0.493. The number of hydrogen-bond donors (Lipinski definition) is 1. The number of ether oxygens (including phenoxy) is 2. The maximum absolute atomic E-state index is 12.7. The van der Waals surface area contributed by atoms with Crippen LogP contribution < -0.4 is 0 Å². The molecule has 2 heterocycles. The van der Waals surface area contributed by atoms with E-state index in [1.54, 1.807) is 41.5 Å². The van der Waals surface area contributed by atoms with Crippen molar-refractivity contribution in [2.24, 2.45) is 5.92 Å². The van der Waals surface area contributed by atoms with Crippen molar-refractivity contribution in [2.45, 2.75) is 84.2 Å². The molecule has 1 N–H and O–H groups in total. The average Bonchev–Trinajstić information content (AvgIpc) is 3.09. The molecular weight excluding hydrogens is 352 g/mol. The van der Waals surface area contributed by atoms with Gasteiger partial charge in [-0.15, -0.1) is 0 Å². The molecule has 3 atom stereocenters. The summed E-state index contributed by atoms with van der Waals surface area (Å²) in [4.78, 5) is 39.8. The summed E-state index contributed by atoms with van der Waals surface area (Å²) in [6.07, 6.45) is -0.553. The summed E-state index contributed by atoms with van der Waals surface area (Å²) in [5.41, 5.74) is -1.33. The van der Waals surface area contributed by atoms with E-state index >= 15 is 0 Å². The van der Waals surface area contributed by atoms with E-state index in [1.807, 2.05) is 0 Å². The third-order valence-electron chi connectivity index (χ3n) is 4.59. The number of rotatable bonds is 2. The Labute approximate surface area is 160 Å². The van der Waals surface area contributed by atoms with E-state index in [1.165, 1.54) is 4.90 Å². The number of imide groups is 1. The van der Waals surface area contributed by atoms with Gasteiger partial charge in [0.15, 0.2) is 0 Å². The highest BCUT2D eigenvalue weighted by atomic mass is 16.6. The zero-order valence-electron chi connectivity index (χ0n) is 17.2. The Morgan fingerprint density at radius 2 is 1.56 bits per heavy atom. The first-order valence-corrected chi connectivity index (χ1v) is 9.52. The lowest BCUT2D eigenvalue weighted by atomic mass is 9.93. The molecular formula is C19H32N2O6. The van der Waals surface area contributed by atoms with Gasteiger partial charge in [-0.2, -0.15) is 0 Å². The van der Waals surface area contributed by atoms with Gasteiger partial charge in [-0.05, 0) is 60.8 Å². The molecule has 2 aliphatic rings. The predicted molar refractivity (Wildman–Crippen MR) is 98.0 cm³/mol. The van der Waals surface area contributed by atoms with Crippen LogP contribution in [-0.2, 0) is 14.3 Å². The van der Waals surface area contributed by atoms with Crippen LogP contribution in [0.3, 0.4) is 0 Å². The zero-order chi connectivity index (χ0) is 20.6. The van der Waals surface area contributed by atoms with E-state index < -0.39 is 47.4 Å². The Kier molecular flexibility index (Phi) is 6.09. The third-order valence-corrected chi connectivity index (χ3v) is 4.59. The van der Waals surface area contributed by atoms with Crippen LogP contribution in [0.2, 0.25) is 0 Å². The summed E-state index contributed by atoms with van der Waals surface area (Å²) in [7, 11) is 0. The fourth-order valence-electron chi connectivity index (χ4n) is 3.48. The van der Waals surface area contributed by atoms with Crippen molar-refractivity contribution < 1.29 is 29.0 Å². The molecule has 0 aromatic carbocycles. The van der Waals surface area contributed by atoms with E-state index in [0.717, 1.165) is 11.3 Å². The first-order chi connectivity index (χ1) is 12.3. The molecule has 2 fully saturated rings. The Bertz CT molecular complexity index is 592. The Balaban J connectivity index is 2.04. The zero-order valence-corrected chi connectivity index (χ0v) is 17.2. The van der Waals surface area contributed by atoms with Crippen LogP contribution in [0, 0.1) is 5.92 Å². The van der Waals surface area contributed by atoms with Crippen molar-refractivity contribution in [1.82, 2.24) is 9.80 Å². The van der Waals surface area contributed by atoms with Crippen LogP contribution in [0.4, 0.5) is 9.59 Å². The molecule has 0 radical (unpaired) electrons. The molecule has 2 aliphatic heterocycles. The number of amides is 3. The summed E-state index contributed by atoms with van der Waals surface area (Å²) in [6.45, 7) is 11.2. The molecule has 3 unspecified atom stereocenters. The number of carbonyl (C=O) groups excluding carboxylic acids is 3. The summed E-state index contributed by atoms with van der Waals surface area (Å²) >= 11 is 0. The lowest BCUT2D eigenvalue weighted by Crippen LogP contribution is -2.49. The van der Waals surface area contributed by atoms with Gasteiger partial charge in [0.2, 0.25) is 5.91 Å². The molecule has 2 saturated heterocycles. The summed E-state index contributed by atoms with van der Waals surface area (Å²) < 4.78 is 10.7. The van der Waals surface area contributed by atoms with Gasteiger partial charge < -0.3 is 19.5 Å². The average molecular weight is 384 g/mol. The first kappa shape index (κ1) is 21.5. The van der Waals surface area contributed by atoms with Gasteiger partial charge in [-0.3, -0.25) is 4.79 Å². The Hall–Kier alpha value is -1.83. The number of aliphatic hydroxyl groups is 1. The minimum absolute atomic E-state index is 0.203. The monoisotopic (exact) mass is 384 g/mol. The maximum Gasteiger partial charge on any atom is 0.417 e. The molecule has 0 aromatic rings. The molecule has 0 aromatic heterocycles. The normalized spacial score (nSPS) is 24.9. The molecule has 0 spiro atoms. The first-order valence-electron chi connectivity index (χ1n) is 9.52. The van der Waals surface area contributed by atoms with Gasteiger partial charge in [0, 0.05) is 13.1 Å². The van der Waals surface area contributed by atoms with Crippen LogP contribution in [0.5, 0.6) is 0 Å². The highest BCUT2D eigenvalue weighted by Gasteiger charge is 2.47. The van der Waals surface area contributed by atoms with E-state index in [4.69, 9.17) is 9.47 Å². The van der Waals surface area contributed by atoms with Crippen molar-refractivity contribution in [1.29, 1.82) is 0 Å². The predicted octanol–water partition coefficient (Wildman–Crippen LogP) is 2.53. The number of likely N-dealkylation sites (tertiary alicyclic amines) is 2. The van der Waals surface area contributed by atoms with Crippen molar-refractivity contribution >= 4 is 18.1 Å². The number of carbonyl (C=O) groups is 3. The summed E-state index contributed by atoms with van der Waals surface area (Å²) in [5, 5.41) is 10.8. The second-order valence-corrected chi connectivity index (χ2v) is 9.24. The SMILES string of the molecule is CC(C)(C)OC(=O)N1CCC(C(O)C2CCCN2C(=O)OC(C)(C)C)C1=O. The molecule has 2 rings (SSSR count). The lowest BCUT2D eigenvalue weighted by molar-refractivity contribution is -0.134. The summed E-state index contributed by atoms with van der Waals surface area (Å²) in [5.74, 6) is -1.18. The molecule has 154 valence electrons. The molecule has 0 aliphatic carbocycles. The second kappa shape index (κ2) is 7.66. The molecule has 3 amide bonds. The van der Waals surface area contributed by atoms with E-state index in [-0.39, 0.29) is 6.54 Å². The standard InChI is InChI=1S/C19H32N2O6/c1-18(2,3)26-16(24)20-10-7-8-13(20)14(22)12-9-11-21(15(12)23)17(25)27-19(4,5)6/h12-14,22H,7-11H2,1-6H3. The highest BCUT2D eigenvalue weighted by Crippen LogP contribution is 2.31. The van der Waals surface area contributed by atoms with Crippen LogP contribution in [0.25, 0.3) is 0 Å². The van der Waals surface area contributed by atoms with Crippen molar-refractivity contribution in [3.8, 4) is 0 Å². The second-order valence-electron chi connectivity index (χ2n) is 9.24. The topological polar surface area (TPSA) is 96.4 Å². The minimum atomic E-state index is -1.04. The van der Waals surface area contributed by atoms with Crippen molar-refractivity contribution in [3.05, 3.63) is 0 Å². The van der Waals surface area contributed by atoms with E-state index in [2.05, 4.69) is 0 Å². The van der Waals surface area contributed by atoms with Crippen LogP contribution in [0.15, 0.2) is 0 Å². The smallest absolute Gasteiger partial charge is 0.417 e. The Morgan fingerprint density at radius 3 is 2.11 bits per heavy atom. The van der Waals surface area contributed by atoms with Crippen molar-refractivity contribution in [2.75, 3.05) is 13.1 Å². The van der Waals surface area contributed by atoms with Crippen LogP contribution in [0.1, 0.15) is 60.8 Å². The highest BCUT2D eigenvalue weighted by molar-refractivity contribution is 5.95. The van der Waals surface area contributed by atoms with Crippen LogP contribution >= 0.6 is 0 Å². The van der Waals surface area contributed by atoms with Crippen LogP contribution in [-0.4, -0.2) is 69.4 Å². The van der Waals surface area contributed by atoms with Gasteiger partial charge >= 0.3 is 12.2 Å². The lowest BCUT2D eigenvalue weighted by Gasteiger charge is -2.32. The van der Waals surface area contributed by atoms with Gasteiger partial charge in [0.05, 0.1) is 18.1 Å². The number of nitrogens with zero attached hydrogens (tertiary/aromatic N) is 2. The van der Waals surface area contributed by atoms with Gasteiger partial charge in [0.25, 0.3) is 0 Å². The number of aliphatic hydroxyl groups excluding tert-OH is 1. The minimum Gasteiger partial charge on any atom is -0.444 e.